The van der Waals surface area contributed by atoms with E-state index in [1.807, 2.05) is 26.0 Å². The third-order valence-corrected chi connectivity index (χ3v) is 6.40. The molecule has 0 radical (unpaired) electrons. The Morgan fingerprint density at radius 1 is 1.08 bits per heavy atom. The Hall–Kier alpha value is -3.58. The zero-order valence-electron chi connectivity index (χ0n) is 21.6. The number of Topliss-reactive ketones (excluding diaryl/α,β-unsaturated/α-hetero) is 1. The fraction of sp³-hybridized carbons (Fsp3) is 0.379. The van der Waals surface area contributed by atoms with Crippen LogP contribution in [0.2, 0.25) is 0 Å². The summed E-state index contributed by atoms with van der Waals surface area (Å²) in [5, 5.41) is 11.3. The minimum absolute atomic E-state index is 0.0860. The number of carbonyl (C=O) groups excluding carboxylic acids is 2. The first-order chi connectivity index (χ1) is 17.4. The highest BCUT2D eigenvalue weighted by atomic mass is 16.5. The van der Waals surface area contributed by atoms with E-state index in [1.54, 1.807) is 41.3 Å². The van der Waals surface area contributed by atoms with Gasteiger partial charge < -0.3 is 24.4 Å². The Bertz CT molecular complexity index is 1120. The van der Waals surface area contributed by atoms with Gasteiger partial charge in [-0.1, -0.05) is 38.6 Å². The first kappa shape index (κ1) is 27.0. The van der Waals surface area contributed by atoms with Crippen LogP contribution in [-0.4, -0.2) is 66.0 Å². The maximum atomic E-state index is 13.3. The Kier molecular flexibility index (Phi) is 9.31. The van der Waals surface area contributed by atoms with Crippen molar-refractivity contribution in [2.75, 3.05) is 39.4 Å². The van der Waals surface area contributed by atoms with Crippen LogP contribution in [0.4, 0.5) is 0 Å². The molecule has 1 aliphatic rings. The van der Waals surface area contributed by atoms with Crippen molar-refractivity contribution < 1.29 is 24.2 Å². The Morgan fingerprint density at radius 2 is 1.78 bits per heavy atom. The molecule has 1 unspecified atom stereocenters. The van der Waals surface area contributed by atoms with Gasteiger partial charge in [0.15, 0.2) is 0 Å². The Balaban J connectivity index is 2.07. The van der Waals surface area contributed by atoms with E-state index in [0.29, 0.717) is 43.4 Å². The summed E-state index contributed by atoms with van der Waals surface area (Å²) in [5.41, 5.74) is 2.11. The lowest BCUT2D eigenvalue weighted by Gasteiger charge is -2.28. The minimum Gasteiger partial charge on any atom is -0.507 e. The summed E-state index contributed by atoms with van der Waals surface area (Å²) >= 11 is 0. The fourth-order valence-corrected chi connectivity index (χ4v) is 4.42. The first-order valence-corrected chi connectivity index (χ1v) is 12.4. The third kappa shape index (κ3) is 5.79. The maximum absolute atomic E-state index is 13.3. The first-order valence-electron chi connectivity index (χ1n) is 12.4. The quantitative estimate of drug-likeness (QED) is 0.200. The van der Waals surface area contributed by atoms with Crippen LogP contribution >= 0.6 is 0 Å². The van der Waals surface area contributed by atoms with Crippen LogP contribution in [0.5, 0.6) is 11.5 Å². The largest absolute Gasteiger partial charge is 0.507 e. The second-order valence-corrected chi connectivity index (χ2v) is 8.60. The number of likely N-dealkylation sites (N-methyl/N-ethyl adjacent to an activating group) is 1. The van der Waals surface area contributed by atoms with Crippen molar-refractivity contribution in [1.29, 1.82) is 0 Å². The number of nitrogens with zero attached hydrogens (tertiary/aromatic N) is 2. The van der Waals surface area contributed by atoms with Crippen LogP contribution in [0.1, 0.15) is 43.5 Å². The second kappa shape index (κ2) is 12.4. The summed E-state index contributed by atoms with van der Waals surface area (Å²) in [6, 6.07) is 11.8. The van der Waals surface area contributed by atoms with E-state index in [-0.39, 0.29) is 11.3 Å². The standard InChI is InChI=1S/C29H36N2O5/c1-6-18-36-23-13-10-21(11-14-23)26-25(27(32)22-12-15-24(35-9-4)20(5)19-22)28(33)29(34)31(26)17-16-30(7-2)8-3/h6,10-15,19,26,32H,1,7-9,16-18H2,2-5H3/b27-25+. The topological polar surface area (TPSA) is 79.3 Å². The molecule has 1 N–H and O–H groups in total. The van der Waals surface area contributed by atoms with Gasteiger partial charge in [0, 0.05) is 18.7 Å². The minimum atomic E-state index is -0.708. The SMILES string of the molecule is C=CCOc1ccc(C2/C(=C(\O)c3ccc(OCC)c(C)c3)C(=O)C(=O)N2CCN(CC)CC)cc1. The molecule has 1 amide bonds. The number of likely N-dealkylation sites (tertiary alicyclic amines) is 1. The van der Waals surface area contributed by atoms with Gasteiger partial charge in [-0.15, -0.1) is 0 Å². The van der Waals surface area contributed by atoms with Crippen LogP contribution in [-0.2, 0) is 9.59 Å². The number of rotatable bonds is 12. The molecule has 0 bridgehead atoms. The number of hydrogen-bond acceptors (Lipinski definition) is 6. The van der Waals surface area contributed by atoms with Crippen LogP contribution < -0.4 is 9.47 Å². The number of aryl methyl sites for hydroxylation is 1. The third-order valence-electron chi connectivity index (χ3n) is 6.40. The molecular formula is C29H36N2O5. The molecule has 0 aliphatic carbocycles. The van der Waals surface area contributed by atoms with Crippen LogP contribution in [0.15, 0.2) is 60.7 Å². The Labute approximate surface area is 213 Å². The molecule has 7 heteroatoms. The van der Waals surface area contributed by atoms with Crippen molar-refractivity contribution >= 4 is 17.4 Å². The average Bonchev–Trinajstić information content (AvgIpc) is 3.14. The zero-order valence-corrected chi connectivity index (χ0v) is 21.6. The van der Waals surface area contributed by atoms with Gasteiger partial charge in [-0.2, -0.15) is 0 Å². The van der Waals surface area contributed by atoms with Crippen LogP contribution in [0.3, 0.4) is 0 Å². The summed E-state index contributed by atoms with van der Waals surface area (Å²) in [6.45, 7) is 15.1. The summed E-state index contributed by atoms with van der Waals surface area (Å²) in [5.74, 6) is -0.123. The van der Waals surface area contributed by atoms with Gasteiger partial charge in [-0.25, -0.2) is 0 Å². The molecule has 0 saturated carbocycles. The predicted molar refractivity (Wildman–Crippen MR) is 141 cm³/mol. The lowest BCUT2D eigenvalue weighted by Crippen LogP contribution is -2.38. The lowest BCUT2D eigenvalue weighted by atomic mass is 9.94. The molecule has 0 aromatic heterocycles. The van der Waals surface area contributed by atoms with E-state index in [0.717, 1.165) is 24.2 Å². The van der Waals surface area contributed by atoms with Crippen molar-refractivity contribution in [3.8, 4) is 11.5 Å². The van der Waals surface area contributed by atoms with Gasteiger partial charge in [-0.3, -0.25) is 9.59 Å². The zero-order chi connectivity index (χ0) is 26.2. The number of aliphatic hydroxyl groups excluding tert-OH is 1. The van der Waals surface area contributed by atoms with Crippen molar-refractivity contribution in [3.05, 3.63) is 77.4 Å². The average molecular weight is 493 g/mol. The number of hydrogen-bond donors (Lipinski definition) is 1. The maximum Gasteiger partial charge on any atom is 0.295 e. The molecule has 1 heterocycles. The fourth-order valence-electron chi connectivity index (χ4n) is 4.42. The number of amides is 1. The van der Waals surface area contributed by atoms with Gasteiger partial charge in [0.1, 0.15) is 23.9 Å². The summed E-state index contributed by atoms with van der Waals surface area (Å²) in [7, 11) is 0. The van der Waals surface area contributed by atoms with Crippen LogP contribution in [0, 0.1) is 6.92 Å². The van der Waals surface area contributed by atoms with Gasteiger partial charge in [-0.05, 0) is 68.4 Å². The number of carbonyl (C=O) groups is 2. The second-order valence-electron chi connectivity index (χ2n) is 8.60. The van der Waals surface area contributed by atoms with Crippen molar-refractivity contribution in [2.45, 2.75) is 33.7 Å². The number of ketones is 1. The molecule has 1 atom stereocenters. The van der Waals surface area contributed by atoms with Gasteiger partial charge in [0.2, 0.25) is 0 Å². The highest BCUT2D eigenvalue weighted by Crippen LogP contribution is 2.40. The number of aliphatic hydroxyl groups is 1. The number of benzene rings is 2. The highest BCUT2D eigenvalue weighted by Gasteiger charge is 2.46. The molecule has 2 aromatic rings. The van der Waals surface area contributed by atoms with E-state index < -0.39 is 17.7 Å². The molecule has 2 aromatic carbocycles. The van der Waals surface area contributed by atoms with E-state index in [1.165, 1.54) is 0 Å². The molecular weight excluding hydrogens is 456 g/mol. The monoisotopic (exact) mass is 492 g/mol. The van der Waals surface area contributed by atoms with E-state index >= 15 is 0 Å². The van der Waals surface area contributed by atoms with E-state index in [2.05, 4.69) is 25.3 Å². The highest BCUT2D eigenvalue weighted by molar-refractivity contribution is 6.46. The molecule has 0 spiro atoms. The smallest absolute Gasteiger partial charge is 0.295 e. The molecule has 1 fully saturated rings. The molecule has 1 saturated heterocycles. The predicted octanol–water partition coefficient (Wildman–Crippen LogP) is 4.72. The van der Waals surface area contributed by atoms with Crippen molar-refractivity contribution in [2.24, 2.45) is 0 Å². The molecule has 192 valence electrons. The van der Waals surface area contributed by atoms with Crippen molar-refractivity contribution in [1.82, 2.24) is 9.80 Å². The van der Waals surface area contributed by atoms with Gasteiger partial charge >= 0.3 is 0 Å². The van der Waals surface area contributed by atoms with Crippen molar-refractivity contribution in [3.63, 3.8) is 0 Å². The number of ether oxygens (including phenoxy) is 2. The summed E-state index contributed by atoms with van der Waals surface area (Å²) < 4.78 is 11.2. The molecule has 7 nitrogen and oxygen atoms in total. The normalized spacial score (nSPS) is 17.0. The molecule has 36 heavy (non-hydrogen) atoms. The molecule has 1 aliphatic heterocycles. The molecule has 3 rings (SSSR count). The summed E-state index contributed by atoms with van der Waals surface area (Å²) in [4.78, 5) is 30.2. The lowest BCUT2D eigenvalue weighted by molar-refractivity contribution is -0.140. The van der Waals surface area contributed by atoms with E-state index in [4.69, 9.17) is 9.47 Å². The summed E-state index contributed by atoms with van der Waals surface area (Å²) in [6.07, 6.45) is 1.66. The Morgan fingerprint density at radius 3 is 2.36 bits per heavy atom. The van der Waals surface area contributed by atoms with Crippen LogP contribution in [0.25, 0.3) is 5.76 Å². The van der Waals surface area contributed by atoms with Gasteiger partial charge in [0.05, 0.1) is 18.2 Å². The van der Waals surface area contributed by atoms with E-state index in [9.17, 15) is 14.7 Å². The van der Waals surface area contributed by atoms with Gasteiger partial charge in [0.25, 0.3) is 11.7 Å².